The molecule has 0 amide bonds. The number of benzene rings is 1. The number of hydrogen-bond donors (Lipinski definition) is 1. The lowest BCUT2D eigenvalue weighted by Crippen LogP contribution is -2.24. The molecule has 4 heterocycles. The number of furan rings is 1. The van der Waals surface area contributed by atoms with Gasteiger partial charge >= 0.3 is 0 Å². The summed E-state index contributed by atoms with van der Waals surface area (Å²) in [4.78, 5) is 9.30. The van der Waals surface area contributed by atoms with Gasteiger partial charge in [0.05, 0.1) is 12.2 Å². The van der Waals surface area contributed by atoms with E-state index in [1.54, 1.807) is 6.26 Å². The Morgan fingerprint density at radius 3 is 2.86 bits per heavy atom. The molecule has 6 heteroatoms. The molecular weight excluding hydrogens is 364 g/mol. The molecule has 0 saturated carbocycles. The first-order valence-electron chi connectivity index (χ1n) is 9.89. The normalized spacial score (nSPS) is 14.5. The standard InChI is InChI=1S/C23H22N4O2/c1-15-22(18-9-10-24-13-17(18)14-25-15)23-26-21(29-27-23)12-19(20-8-5-11-28-20)16-6-3-2-4-7-16/h2-8,11,14,19,24H,9-10,12-13H2,1H3. The van der Waals surface area contributed by atoms with Crippen molar-refractivity contribution in [1.29, 1.82) is 0 Å². The van der Waals surface area contributed by atoms with E-state index in [9.17, 15) is 0 Å². The Hall–Kier alpha value is -3.25. The fourth-order valence-corrected chi connectivity index (χ4v) is 4.04. The maximum atomic E-state index is 5.70. The molecule has 1 atom stereocenters. The van der Waals surface area contributed by atoms with Crippen molar-refractivity contribution in [1.82, 2.24) is 20.4 Å². The molecule has 0 radical (unpaired) electrons. The molecule has 1 aromatic carbocycles. The van der Waals surface area contributed by atoms with Gasteiger partial charge in [-0.3, -0.25) is 4.98 Å². The topological polar surface area (TPSA) is 77.0 Å². The second-order valence-corrected chi connectivity index (χ2v) is 7.34. The first-order valence-corrected chi connectivity index (χ1v) is 9.89. The number of aromatic nitrogens is 3. The second-order valence-electron chi connectivity index (χ2n) is 7.34. The highest BCUT2D eigenvalue weighted by Gasteiger charge is 2.24. The number of fused-ring (bicyclic) bond motifs is 1. The van der Waals surface area contributed by atoms with Crippen molar-refractivity contribution in [3.05, 3.63) is 89.0 Å². The Labute approximate surface area is 169 Å². The van der Waals surface area contributed by atoms with Crippen molar-refractivity contribution < 1.29 is 8.94 Å². The van der Waals surface area contributed by atoms with E-state index in [-0.39, 0.29) is 5.92 Å². The van der Waals surface area contributed by atoms with Gasteiger partial charge in [0.1, 0.15) is 5.76 Å². The van der Waals surface area contributed by atoms with Crippen molar-refractivity contribution in [2.45, 2.75) is 32.2 Å². The number of nitrogens with one attached hydrogen (secondary N) is 1. The summed E-state index contributed by atoms with van der Waals surface area (Å²) in [5, 5.41) is 7.70. The molecule has 5 rings (SSSR count). The van der Waals surface area contributed by atoms with E-state index >= 15 is 0 Å². The first-order chi connectivity index (χ1) is 14.3. The first kappa shape index (κ1) is 17.8. The van der Waals surface area contributed by atoms with Crippen molar-refractivity contribution in [3.63, 3.8) is 0 Å². The lowest BCUT2D eigenvalue weighted by molar-refractivity contribution is 0.366. The van der Waals surface area contributed by atoms with Crippen LogP contribution in [-0.2, 0) is 19.4 Å². The van der Waals surface area contributed by atoms with Gasteiger partial charge < -0.3 is 14.3 Å². The van der Waals surface area contributed by atoms with E-state index in [1.807, 2.05) is 43.5 Å². The summed E-state index contributed by atoms with van der Waals surface area (Å²) in [6.07, 6.45) is 5.16. The van der Waals surface area contributed by atoms with E-state index < -0.39 is 0 Å². The molecule has 6 nitrogen and oxygen atoms in total. The van der Waals surface area contributed by atoms with Gasteiger partial charge in [-0.15, -0.1) is 0 Å². The number of aryl methyl sites for hydroxylation is 1. The molecule has 1 N–H and O–H groups in total. The molecule has 1 unspecified atom stereocenters. The molecule has 0 spiro atoms. The van der Waals surface area contributed by atoms with Gasteiger partial charge in [0.15, 0.2) is 0 Å². The minimum absolute atomic E-state index is 0.0209. The van der Waals surface area contributed by atoms with E-state index in [0.29, 0.717) is 18.1 Å². The van der Waals surface area contributed by atoms with Crippen LogP contribution in [0.1, 0.15) is 40.0 Å². The van der Waals surface area contributed by atoms with E-state index in [4.69, 9.17) is 13.9 Å². The fraction of sp³-hybridized carbons (Fsp3) is 0.261. The SMILES string of the molecule is Cc1ncc2c(c1-c1noc(CC(c3ccccc3)c3ccco3)n1)CCNC2. The quantitative estimate of drug-likeness (QED) is 0.557. The van der Waals surface area contributed by atoms with Gasteiger partial charge in [-0.25, -0.2) is 0 Å². The summed E-state index contributed by atoms with van der Waals surface area (Å²) >= 11 is 0. The molecule has 29 heavy (non-hydrogen) atoms. The van der Waals surface area contributed by atoms with E-state index in [0.717, 1.165) is 42.1 Å². The highest BCUT2D eigenvalue weighted by molar-refractivity contribution is 5.64. The van der Waals surface area contributed by atoms with Crippen molar-refractivity contribution in [3.8, 4) is 11.4 Å². The number of nitrogens with zero attached hydrogens (tertiary/aromatic N) is 3. The summed E-state index contributed by atoms with van der Waals surface area (Å²) in [5.41, 5.74) is 5.58. The van der Waals surface area contributed by atoms with Gasteiger partial charge in [-0.1, -0.05) is 35.5 Å². The molecular formula is C23H22N4O2. The van der Waals surface area contributed by atoms with Crippen LogP contribution in [0.4, 0.5) is 0 Å². The van der Waals surface area contributed by atoms with Crippen LogP contribution in [0.3, 0.4) is 0 Å². The van der Waals surface area contributed by atoms with Gasteiger partial charge in [0.2, 0.25) is 11.7 Å². The predicted octanol–water partition coefficient (Wildman–Crippen LogP) is 4.05. The van der Waals surface area contributed by atoms with Crippen LogP contribution in [0.25, 0.3) is 11.4 Å². The van der Waals surface area contributed by atoms with E-state index in [1.165, 1.54) is 11.1 Å². The van der Waals surface area contributed by atoms with Crippen LogP contribution in [-0.4, -0.2) is 21.7 Å². The average Bonchev–Trinajstić information content (AvgIpc) is 3.45. The maximum absolute atomic E-state index is 5.70. The summed E-state index contributed by atoms with van der Waals surface area (Å²) in [6.45, 7) is 3.78. The van der Waals surface area contributed by atoms with Crippen LogP contribution in [0.15, 0.2) is 63.9 Å². The minimum atomic E-state index is 0.0209. The third-order valence-corrected chi connectivity index (χ3v) is 5.49. The fourth-order valence-electron chi connectivity index (χ4n) is 4.04. The summed E-state index contributed by atoms with van der Waals surface area (Å²) in [5.74, 6) is 2.12. The lowest BCUT2D eigenvalue weighted by atomic mass is 9.93. The molecule has 3 aromatic heterocycles. The zero-order chi connectivity index (χ0) is 19.6. The lowest BCUT2D eigenvalue weighted by Gasteiger charge is -2.19. The van der Waals surface area contributed by atoms with Crippen LogP contribution >= 0.6 is 0 Å². The molecule has 1 aliphatic heterocycles. The monoisotopic (exact) mass is 386 g/mol. The van der Waals surface area contributed by atoms with Crippen molar-refractivity contribution in [2.24, 2.45) is 0 Å². The molecule has 0 saturated heterocycles. The van der Waals surface area contributed by atoms with Gasteiger partial charge in [0, 0.05) is 30.4 Å². The second kappa shape index (κ2) is 7.64. The number of rotatable bonds is 5. The molecule has 146 valence electrons. The summed E-state index contributed by atoms with van der Waals surface area (Å²) in [7, 11) is 0. The van der Waals surface area contributed by atoms with Crippen molar-refractivity contribution >= 4 is 0 Å². The average molecular weight is 386 g/mol. The van der Waals surface area contributed by atoms with Crippen LogP contribution in [0.5, 0.6) is 0 Å². The summed E-state index contributed by atoms with van der Waals surface area (Å²) < 4.78 is 11.4. The number of pyridine rings is 1. The predicted molar refractivity (Wildman–Crippen MR) is 108 cm³/mol. The Kier molecular flexibility index (Phi) is 4.69. The van der Waals surface area contributed by atoms with Gasteiger partial charge in [-0.2, -0.15) is 4.98 Å². The highest BCUT2D eigenvalue weighted by Crippen LogP contribution is 2.31. The largest absolute Gasteiger partial charge is 0.469 e. The number of hydrogen-bond acceptors (Lipinski definition) is 6. The minimum Gasteiger partial charge on any atom is -0.469 e. The molecule has 1 aliphatic rings. The Morgan fingerprint density at radius 1 is 1.14 bits per heavy atom. The summed E-state index contributed by atoms with van der Waals surface area (Å²) in [6, 6.07) is 14.2. The third kappa shape index (κ3) is 3.47. The molecule has 0 fully saturated rings. The molecule has 4 aromatic rings. The smallest absolute Gasteiger partial charge is 0.228 e. The Bertz CT molecular complexity index is 1100. The van der Waals surface area contributed by atoms with Crippen molar-refractivity contribution in [2.75, 3.05) is 6.54 Å². The molecule has 0 bridgehead atoms. The van der Waals surface area contributed by atoms with Crippen LogP contribution in [0, 0.1) is 6.92 Å². The molecule has 0 aliphatic carbocycles. The third-order valence-electron chi connectivity index (χ3n) is 5.49. The van der Waals surface area contributed by atoms with Gasteiger partial charge in [0.25, 0.3) is 0 Å². The maximum Gasteiger partial charge on any atom is 0.228 e. The van der Waals surface area contributed by atoms with E-state index in [2.05, 4.69) is 27.6 Å². The van der Waals surface area contributed by atoms with Crippen LogP contribution in [0.2, 0.25) is 0 Å². The highest BCUT2D eigenvalue weighted by atomic mass is 16.5. The Morgan fingerprint density at radius 2 is 2.03 bits per heavy atom. The Balaban J connectivity index is 1.49. The van der Waals surface area contributed by atoms with Gasteiger partial charge in [-0.05, 0) is 48.7 Å². The zero-order valence-corrected chi connectivity index (χ0v) is 16.3. The zero-order valence-electron chi connectivity index (χ0n) is 16.3. The van der Waals surface area contributed by atoms with Crippen LogP contribution < -0.4 is 5.32 Å².